The van der Waals surface area contributed by atoms with Gasteiger partial charge in [-0.25, -0.2) is 4.98 Å². The Balaban J connectivity index is 1.70. The van der Waals surface area contributed by atoms with E-state index in [1.54, 1.807) is 7.11 Å². The number of anilines is 1. The first kappa shape index (κ1) is 18.7. The Morgan fingerprint density at radius 2 is 1.76 bits per heavy atom. The fraction of sp³-hybridized carbons (Fsp3) is 0.167. The molecule has 1 amide bonds. The summed E-state index contributed by atoms with van der Waals surface area (Å²) in [6.45, 7) is 4.23. The first-order chi connectivity index (χ1) is 14.1. The molecule has 4 rings (SSSR count). The van der Waals surface area contributed by atoms with Crippen LogP contribution in [0.2, 0.25) is 0 Å². The highest BCUT2D eigenvalue weighted by Gasteiger charge is 2.16. The van der Waals surface area contributed by atoms with Crippen molar-refractivity contribution in [3.63, 3.8) is 0 Å². The van der Waals surface area contributed by atoms with Crippen molar-refractivity contribution in [3.8, 4) is 17.1 Å². The largest absolute Gasteiger partial charge is 0.497 e. The molecule has 3 aromatic carbocycles. The summed E-state index contributed by atoms with van der Waals surface area (Å²) in [7, 11) is 1.64. The van der Waals surface area contributed by atoms with Gasteiger partial charge in [0.1, 0.15) is 18.1 Å². The highest BCUT2D eigenvalue weighted by Crippen LogP contribution is 2.27. The molecule has 0 bridgehead atoms. The second-order valence-corrected chi connectivity index (χ2v) is 7.03. The minimum atomic E-state index is -0.0865. The van der Waals surface area contributed by atoms with Gasteiger partial charge in [-0.15, -0.1) is 0 Å². The number of carbonyl (C=O) groups excluding carboxylic acids is 1. The summed E-state index contributed by atoms with van der Waals surface area (Å²) in [5.41, 5.74) is 5.78. The van der Waals surface area contributed by atoms with Crippen LogP contribution in [0.5, 0.6) is 5.75 Å². The fourth-order valence-electron chi connectivity index (χ4n) is 3.42. The number of aromatic nitrogens is 2. The van der Waals surface area contributed by atoms with Gasteiger partial charge in [-0.05, 0) is 67.4 Å². The number of aryl methyl sites for hydroxylation is 1. The number of carbonyl (C=O) groups is 1. The van der Waals surface area contributed by atoms with Crippen LogP contribution in [0.1, 0.15) is 11.1 Å². The number of amides is 1. The summed E-state index contributed by atoms with van der Waals surface area (Å²) in [5, 5.41) is 3.04. The third-order valence-corrected chi connectivity index (χ3v) is 5.18. The number of methoxy groups -OCH3 is 1. The number of rotatable bonds is 5. The molecule has 0 unspecified atom stereocenters. The summed E-state index contributed by atoms with van der Waals surface area (Å²) in [6, 6.07) is 21.5. The van der Waals surface area contributed by atoms with Crippen LogP contribution >= 0.6 is 0 Å². The molecule has 0 aliphatic carbocycles. The number of benzene rings is 3. The molecule has 146 valence electrons. The van der Waals surface area contributed by atoms with Crippen LogP contribution in [0.15, 0.2) is 66.7 Å². The first-order valence-corrected chi connectivity index (χ1v) is 9.52. The van der Waals surface area contributed by atoms with Crippen LogP contribution in [-0.4, -0.2) is 22.6 Å². The topological polar surface area (TPSA) is 56.2 Å². The fourth-order valence-corrected chi connectivity index (χ4v) is 3.42. The molecule has 0 aliphatic heterocycles. The van der Waals surface area contributed by atoms with Crippen molar-refractivity contribution in [1.29, 1.82) is 0 Å². The summed E-state index contributed by atoms with van der Waals surface area (Å²) in [4.78, 5) is 17.7. The van der Waals surface area contributed by atoms with Gasteiger partial charge in [0.15, 0.2) is 0 Å². The lowest BCUT2D eigenvalue weighted by Gasteiger charge is -2.13. The zero-order chi connectivity index (χ0) is 20.4. The van der Waals surface area contributed by atoms with E-state index in [2.05, 4.69) is 5.32 Å². The lowest BCUT2D eigenvalue weighted by Crippen LogP contribution is -2.20. The van der Waals surface area contributed by atoms with Crippen molar-refractivity contribution in [2.24, 2.45) is 0 Å². The molecule has 0 aliphatic rings. The minimum Gasteiger partial charge on any atom is -0.497 e. The number of nitrogens with one attached hydrogen (secondary N) is 1. The summed E-state index contributed by atoms with van der Waals surface area (Å²) >= 11 is 0. The monoisotopic (exact) mass is 385 g/mol. The minimum absolute atomic E-state index is 0.0865. The highest BCUT2D eigenvalue weighted by molar-refractivity contribution is 5.93. The van der Waals surface area contributed by atoms with Crippen LogP contribution in [0.25, 0.3) is 22.4 Å². The van der Waals surface area contributed by atoms with Gasteiger partial charge >= 0.3 is 0 Å². The van der Waals surface area contributed by atoms with Crippen molar-refractivity contribution < 1.29 is 9.53 Å². The SMILES string of the molecule is COc1ccc(-c2nc3ccccc3n2CC(=O)Nc2cccc(C)c2C)cc1. The molecule has 29 heavy (non-hydrogen) atoms. The van der Waals surface area contributed by atoms with Gasteiger partial charge in [0.2, 0.25) is 5.91 Å². The molecule has 5 nitrogen and oxygen atoms in total. The van der Waals surface area contributed by atoms with Crippen molar-refractivity contribution >= 4 is 22.6 Å². The predicted molar refractivity (Wildman–Crippen MR) is 116 cm³/mol. The number of fused-ring (bicyclic) bond motifs is 1. The average molecular weight is 385 g/mol. The number of hydrogen-bond acceptors (Lipinski definition) is 3. The third-order valence-electron chi connectivity index (χ3n) is 5.18. The van der Waals surface area contributed by atoms with Gasteiger partial charge in [-0.1, -0.05) is 24.3 Å². The maximum absolute atomic E-state index is 12.9. The van der Waals surface area contributed by atoms with Crippen molar-refractivity contribution in [2.75, 3.05) is 12.4 Å². The zero-order valence-corrected chi connectivity index (χ0v) is 16.8. The standard InChI is InChI=1S/C24H23N3O2/c1-16-7-6-9-20(17(16)2)25-23(28)15-27-22-10-5-4-8-21(22)26-24(27)18-11-13-19(29-3)14-12-18/h4-14H,15H2,1-3H3,(H,25,28). The second kappa shape index (κ2) is 7.80. The van der Waals surface area contributed by atoms with Gasteiger partial charge in [0, 0.05) is 11.3 Å². The number of para-hydroxylation sites is 2. The van der Waals surface area contributed by atoms with Crippen LogP contribution in [-0.2, 0) is 11.3 Å². The lowest BCUT2D eigenvalue weighted by atomic mass is 10.1. The molecular formula is C24H23N3O2. The van der Waals surface area contributed by atoms with E-state index < -0.39 is 0 Å². The molecule has 0 atom stereocenters. The Kier molecular flexibility index (Phi) is 5.04. The number of ether oxygens (including phenoxy) is 1. The Morgan fingerprint density at radius 3 is 2.52 bits per heavy atom. The van der Waals surface area contributed by atoms with E-state index in [0.717, 1.165) is 45.0 Å². The Bertz CT molecular complexity index is 1180. The van der Waals surface area contributed by atoms with Crippen LogP contribution in [0, 0.1) is 13.8 Å². The predicted octanol–water partition coefficient (Wildman–Crippen LogP) is 4.97. The van der Waals surface area contributed by atoms with E-state index in [0.29, 0.717) is 0 Å². The van der Waals surface area contributed by atoms with Gasteiger partial charge < -0.3 is 14.6 Å². The molecule has 5 heteroatoms. The molecule has 0 fully saturated rings. The van der Waals surface area contributed by atoms with E-state index in [9.17, 15) is 4.79 Å². The molecule has 1 N–H and O–H groups in total. The number of imidazole rings is 1. The van der Waals surface area contributed by atoms with Crippen molar-refractivity contribution in [2.45, 2.75) is 20.4 Å². The molecule has 4 aromatic rings. The first-order valence-electron chi connectivity index (χ1n) is 9.52. The molecule has 0 saturated carbocycles. The van der Waals surface area contributed by atoms with Gasteiger partial charge in [0.25, 0.3) is 0 Å². The van der Waals surface area contributed by atoms with E-state index in [1.807, 2.05) is 85.1 Å². The third kappa shape index (κ3) is 3.72. The summed E-state index contributed by atoms with van der Waals surface area (Å²) in [5.74, 6) is 1.45. The molecule has 0 saturated heterocycles. The van der Waals surface area contributed by atoms with Gasteiger partial charge in [-0.2, -0.15) is 0 Å². The van der Waals surface area contributed by atoms with Crippen LogP contribution in [0.3, 0.4) is 0 Å². The van der Waals surface area contributed by atoms with E-state index in [-0.39, 0.29) is 12.5 Å². The molecule has 0 spiro atoms. The van der Waals surface area contributed by atoms with Crippen LogP contribution < -0.4 is 10.1 Å². The number of nitrogens with zero attached hydrogens (tertiary/aromatic N) is 2. The van der Waals surface area contributed by atoms with Crippen LogP contribution in [0.4, 0.5) is 5.69 Å². The van der Waals surface area contributed by atoms with E-state index >= 15 is 0 Å². The van der Waals surface area contributed by atoms with Crippen molar-refractivity contribution in [3.05, 3.63) is 77.9 Å². The van der Waals surface area contributed by atoms with Gasteiger partial charge in [-0.3, -0.25) is 4.79 Å². The summed E-state index contributed by atoms with van der Waals surface area (Å²) < 4.78 is 7.21. The second-order valence-electron chi connectivity index (χ2n) is 7.03. The highest BCUT2D eigenvalue weighted by atomic mass is 16.5. The van der Waals surface area contributed by atoms with E-state index in [1.165, 1.54) is 0 Å². The molecular weight excluding hydrogens is 362 g/mol. The Morgan fingerprint density at radius 1 is 1.00 bits per heavy atom. The molecule has 1 aromatic heterocycles. The smallest absolute Gasteiger partial charge is 0.244 e. The Hall–Kier alpha value is -3.60. The summed E-state index contributed by atoms with van der Waals surface area (Å²) in [6.07, 6.45) is 0. The normalized spacial score (nSPS) is 10.9. The maximum atomic E-state index is 12.9. The Labute approximate surface area is 170 Å². The molecule has 0 radical (unpaired) electrons. The maximum Gasteiger partial charge on any atom is 0.244 e. The van der Waals surface area contributed by atoms with Crippen molar-refractivity contribution in [1.82, 2.24) is 9.55 Å². The average Bonchev–Trinajstić information content (AvgIpc) is 3.10. The quantitative estimate of drug-likeness (QED) is 0.528. The molecule has 1 heterocycles. The zero-order valence-electron chi connectivity index (χ0n) is 16.8. The van der Waals surface area contributed by atoms with Gasteiger partial charge in [0.05, 0.1) is 18.1 Å². The number of hydrogen-bond donors (Lipinski definition) is 1. The lowest BCUT2D eigenvalue weighted by molar-refractivity contribution is -0.116. The van der Waals surface area contributed by atoms with E-state index in [4.69, 9.17) is 9.72 Å².